The maximum absolute atomic E-state index is 11.7. The molecule has 166 valence electrons. The highest BCUT2D eigenvalue weighted by Gasteiger charge is 2.22. The van der Waals surface area contributed by atoms with Gasteiger partial charge in [0.2, 0.25) is 0 Å². The lowest BCUT2D eigenvalue weighted by Gasteiger charge is -2.34. The summed E-state index contributed by atoms with van der Waals surface area (Å²) in [5.74, 6) is 0.0415. The molecule has 0 amide bonds. The Morgan fingerprint density at radius 1 is 1.07 bits per heavy atom. The minimum atomic E-state index is -0.708. The Bertz CT molecular complexity index is 867. The number of aromatic nitrogens is 1. The van der Waals surface area contributed by atoms with E-state index in [1.54, 1.807) is 6.07 Å². The molecule has 8 heteroatoms. The molecule has 2 fully saturated rings. The van der Waals surface area contributed by atoms with Crippen molar-refractivity contribution in [2.75, 3.05) is 45.8 Å². The highest BCUT2D eigenvalue weighted by Crippen LogP contribution is 2.31. The molecule has 0 radical (unpaired) electrons. The van der Waals surface area contributed by atoms with Crippen LogP contribution in [-0.2, 0) is 0 Å². The van der Waals surface area contributed by atoms with Gasteiger partial charge in [-0.1, -0.05) is 30.2 Å². The van der Waals surface area contributed by atoms with Gasteiger partial charge in [0.15, 0.2) is 0 Å². The van der Waals surface area contributed by atoms with Crippen LogP contribution in [-0.4, -0.2) is 76.9 Å². The summed E-state index contributed by atoms with van der Waals surface area (Å²) in [4.78, 5) is 19.3. The fourth-order valence-electron chi connectivity index (χ4n) is 4.69. The minimum Gasteiger partial charge on any atom is -0.506 e. The van der Waals surface area contributed by atoms with E-state index in [1.807, 2.05) is 0 Å². The zero-order valence-electron chi connectivity index (χ0n) is 17.6. The number of H-pyrrole nitrogens is 1. The van der Waals surface area contributed by atoms with Crippen molar-refractivity contribution >= 4 is 21.6 Å². The van der Waals surface area contributed by atoms with Crippen LogP contribution in [0.3, 0.4) is 0 Å². The van der Waals surface area contributed by atoms with E-state index in [0.29, 0.717) is 28.4 Å². The molecule has 0 saturated carbocycles. The molecule has 1 atom stereocenters. The SMILES string of the molecule is O=c1[nH]c2c(O)ccc([C@@H](O)CNC3CCN(CCN4CCCCCC4)CC3)c2s1. The molecule has 0 aliphatic carbocycles. The van der Waals surface area contributed by atoms with Crippen LogP contribution in [0.15, 0.2) is 16.9 Å². The molecule has 0 bridgehead atoms. The number of aromatic hydroxyl groups is 1. The topological polar surface area (TPSA) is 91.8 Å². The van der Waals surface area contributed by atoms with E-state index in [0.717, 1.165) is 43.8 Å². The average Bonchev–Trinajstić information content (AvgIpc) is 2.97. The van der Waals surface area contributed by atoms with Gasteiger partial charge in [-0.05, 0) is 57.9 Å². The van der Waals surface area contributed by atoms with Gasteiger partial charge in [0, 0.05) is 31.2 Å². The van der Waals surface area contributed by atoms with Crippen LogP contribution >= 0.6 is 11.3 Å². The summed E-state index contributed by atoms with van der Waals surface area (Å²) < 4.78 is 0.637. The molecule has 0 spiro atoms. The van der Waals surface area contributed by atoms with Crippen molar-refractivity contribution in [2.45, 2.75) is 50.7 Å². The normalized spacial score (nSPS) is 21.1. The maximum atomic E-state index is 11.7. The molecule has 4 N–H and O–H groups in total. The molecule has 3 heterocycles. The number of thiazole rings is 1. The Balaban J connectivity index is 1.22. The van der Waals surface area contributed by atoms with Gasteiger partial charge in [0.25, 0.3) is 0 Å². The van der Waals surface area contributed by atoms with E-state index in [1.165, 1.54) is 51.4 Å². The molecule has 2 saturated heterocycles. The number of benzene rings is 1. The zero-order chi connectivity index (χ0) is 20.9. The van der Waals surface area contributed by atoms with Crippen molar-refractivity contribution in [3.05, 3.63) is 27.4 Å². The lowest BCUT2D eigenvalue weighted by Crippen LogP contribution is -2.45. The van der Waals surface area contributed by atoms with Crippen molar-refractivity contribution in [1.29, 1.82) is 0 Å². The summed E-state index contributed by atoms with van der Waals surface area (Å²) in [6.45, 7) is 7.52. The van der Waals surface area contributed by atoms with Gasteiger partial charge >= 0.3 is 4.87 Å². The lowest BCUT2D eigenvalue weighted by molar-refractivity contribution is 0.144. The smallest absolute Gasteiger partial charge is 0.305 e. The van der Waals surface area contributed by atoms with E-state index in [-0.39, 0.29) is 10.6 Å². The highest BCUT2D eigenvalue weighted by molar-refractivity contribution is 7.16. The van der Waals surface area contributed by atoms with Crippen molar-refractivity contribution in [3.8, 4) is 5.75 Å². The Morgan fingerprint density at radius 2 is 1.73 bits per heavy atom. The number of phenolic OH excluding ortho intramolecular Hbond substituents is 1. The fraction of sp³-hybridized carbons (Fsp3) is 0.682. The molecule has 1 aromatic carbocycles. The van der Waals surface area contributed by atoms with Gasteiger partial charge in [-0.15, -0.1) is 0 Å². The van der Waals surface area contributed by atoms with Crippen LogP contribution in [0.4, 0.5) is 0 Å². The zero-order valence-corrected chi connectivity index (χ0v) is 18.4. The first-order valence-electron chi connectivity index (χ1n) is 11.3. The van der Waals surface area contributed by atoms with Crippen LogP contribution in [0, 0.1) is 0 Å². The van der Waals surface area contributed by atoms with Gasteiger partial charge in [-0.2, -0.15) is 0 Å². The van der Waals surface area contributed by atoms with Gasteiger partial charge in [0.1, 0.15) is 11.3 Å². The number of rotatable bonds is 7. The maximum Gasteiger partial charge on any atom is 0.305 e. The first-order valence-corrected chi connectivity index (χ1v) is 12.1. The summed E-state index contributed by atoms with van der Waals surface area (Å²) in [6.07, 6.45) is 6.95. The quantitative estimate of drug-likeness (QED) is 0.534. The molecule has 2 aliphatic rings. The number of likely N-dealkylation sites (tertiary alicyclic amines) is 2. The average molecular weight is 435 g/mol. The van der Waals surface area contributed by atoms with E-state index < -0.39 is 6.10 Å². The van der Waals surface area contributed by atoms with Crippen LogP contribution in [0.5, 0.6) is 5.75 Å². The second-order valence-corrected chi connectivity index (χ2v) is 9.67. The standard InChI is InChI=1S/C22H34N4O3S/c27-18-6-5-17(21-20(18)24-22(29)30-21)19(28)15-23-16-7-11-26(12-8-16)14-13-25-9-3-1-2-4-10-25/h5-6,16,19,23,27-28H,1-4,7-15H2,(H,24,29)/t19-/m0/s1. The second-order valence-electron chi connectivity index (χ2n) is 8.69. The van der Waals surface area contributed by atoms with E-state index in [9.17, 15) is 15.0 Å². The van der Waals surface area contributed by atoms with Crippen molar-refractivity contribution in [2.24, 2.45) is 0 Å². The third kappa shape index (κ3) is 5.42. The molecular formula is C22H34N4O3S. The van der Waals surface area contributed by atoms with Gasteiger partial charge in [-0.25, -0.2) is 0 Å². The summed E-state index contributed by atoms with van der Waals surface area (Å²) in [7, 11) is 0. The summed E-state index contributed by atoms with van der Waals surface area (Å²) in [5, 5.41) is 24.1. The monoisotopic (exact) mass is 434 g/mol. The number of nitrogens with zero attached hydrogens (tertiary/aromatic N) is 2. The van der Waals surface area contributed by atoms with Crippen LogP contribution in [0.25, 0.3) is 10.2 Å². The number of piperidine rings is 1. The molecule has 1 aromatic heterocycles. The van der Waals surface area contributed by atoms with Gasteiger partial charge < -0.3 is 30.3 Å². The first-order chi connectivity index (χ1) is 14.6. The van der Waals surface area contributed by atoms with Gasteiger partial charge in [-0.3, -0.25) is 4.79 Å². The number of fused-ring (bicyclic) bond motifs is 1. The summed E-state index contributed by atoms with van der Waals surface area (Å²) in [6, 6.07) is 3.65. The van der Waals surface area contributed by atoms with Gasteiger partial charge in [0.05, 0.1) is 10.8 Å². The highest BCUT2D eigenvalue weighted by atomic mass is 32.1. The number of phenols is 1. The first kappa shape index (κ1) is 21.8. The largest absolute Gasteiger partial charge is 0.506 e. The van der Waals surface area contributed by atoms with E-state index >= 15 is 0 Å². The molecule has 2 aromatic rings. The number of aromatic amines is 1. The Morgan fingerprint density at radius 3 is 2.43 bits per heavy atom. The Labute approximate surface area is 181 Å². The Hall–Kier alpha value is -1.45. The summed E-state index contributed by atoms with van der Waals surface area (Å²) in [5.41, 5.74) is 1.10. The number of aliphatic hydroxyl groups is 1. The predicted octanol–water partition coefficient (Wildman–Crippen LogP) is 2.26. The van der Waals surface area contributed by atoms with E-state index in [4.69, 9.17) is 0 Å². The van der Waals surface area contributed by atoms with E-state index in [2.05, 4.69) is 20.1 Å². The molecule has 2 aliphatic heterocycles. The Kier molecular flexibility index (Phi) is 7.43. The van der Waals surface area contributed by atoms with Crippen LogP contribution in [0.1, 0.15) is 50.2 Å². The number of hydrogen-bond acceptors (Lipinski definition) is 7. The third-order valence-electron chi connectivity index (χ3n) is 6.57. The van der Waals surface area contributed by atoms with Crippen molar-refractivity contribution in [1.82, 2.24) is 20.1 Å². The number of aliphatic hydroxyl groups excluding tert-OH is 1. The minimum absolute atomic E-state index is 0.0415. The molecule has 0 unspecified atom stereocenters. The summed E-state index contributed by atoms with van der Waals surface area (Å²) >= 11 is 1.03. The molecular weight excluding hydrogens is 400 g/mol. The molecule has 7 nitrogen and oxygen atoms in total. The third-order valence-corrected chi connectivity index (χ3v) is 7.50. The number of nitrogens with one attached hydrogen (secondary N) is 2. The van der Waals surface area contributed by atoms with Crippen molar-refractivity contribution < 1.29 is 10.2 Å². The lowest BCUT2D eigenvalue weighted by atomic mass is 10.0. The molecule has 30 heavy (non-hydrogen) atoms. The molecule has 4 rings (SSSR count). The number of hydrogen-bond donors (Lipinski definition) is 4. The predicted molar refractivity (Wildman–Crippen MR) is 121 cm³/mol. The fourth-order valence-corrected chi connectivity index (χ4v) is 5.61. The second kappa shape index (κ2) is 10.2. The van der Waals surface area contributed by atoms with Crippen LogP contribution < -0.4 is 10.2 Å². The van der Waals surface area contributed by atoms with Crippen LogP contribution in [0.2, 0.25) is 0 Å². The van der Waals surface area contributed by atoms with Crippen molar-refractivity contribution in [3.63, 3.8) is 0 Å².